The maximum absolute atomic E-state index is 12.2. The maximum atomic E-state index is 12.2. The predicted octanol–water partition coefficient (Wildman–Crippen LogP) is 2.15. The fourth-order valence-corrected chi connectivity index (χ4v) is 1.42. The molecule has 80 valence electrons. The van der Waals surface area contributed by atoms with Crippen LogP contribution in [0.25, 0.3) is 0 Å². The molecule has 0 saturated heterocycles. The van der Waals surface area contributed by atoms with E-state index in [1.807, 2.05) is 0 Å². The number of alkyl halides is 2. The third-order valence-electron chi connectivity index (χ3n) is 2.05. The lowest BCUT2D eigenvalue weighted by Gasteiger charge is -2.24. The van der Waals surface area contributed by atoms with Gasteiger partial charge in [0.15, 0.2) is 5.95 Å². The molecule has 0 unspecified atom stereocenters. The van der Waals surface area contributed by atoms with Gasteiger partial charge in [0.05, 0.1) is 0 Å². The van der Waals surface area contributed by atoms with E-state index in [0.717, 1.165) is 0 Å². The van der Waals surface area contributed by atoms with Gasteiger partial charge >= 0.3 is 0 Å². The van der Waals surface area contributed by atoms with Crippen molar-refractivity contribution in [3.05, 3.63) is 12.4 Å². The van der Waals surface area contributed by atoms with E-state index in [-0.39, 0.29) is 6.42 Å². The lowest BCUT2D eigenvalue weighted by atomic mass is 9.89. The highest BCUT2D eigenvalue weighted by atomic mass is 19.3. The molecule has 1 rings (SSSR count). The first-order valence-corrected chi connectivity index (χ1v) is 4.45. The molecule has 0 fully saturated rings. The van der Waals surface area contributed by atoms with Gasteiger partial charge in [-0.2, -0.15) is 0 Å². The van der Waals surface area contributed by atoms with Gasteiger partial charge < -0.3 is 10.3 Å². The van der Waals surface area contributed by atoms with Crippen LogP contribution in [-0.2, 0) is 6.54 Å². The van der Waals surface area contributed by atoms with Gasteiger partial charge in [0, 0.05) is 25.4 Å². The van der Waals surface area contributed by atoms with Crippen molar-refractivity contribution in [1.82, 2.24) is 9.55 Å². The van der Waals surface area contributed by atoms with E-state index < -0.39 is 11.8 Å². The van der Waals surface area contributed by atoms with Gasteiger partial charge in [0.25, 0.3) is 0 Å². The molecule has 14 heavy (non-hydrogen) atoms. The molecule has 0 saturated carbocycles. The Kier molecular flexibility index (Phi) is 3.08. The standard InChI is InChI=1S/C9H15F2N3/c1-9(2,5-7(10)11)6-14-4-3-13-8(14)12/h3-4,7H,5-6H2,1-2H3,(H2,12,13). The molecule has 0 spiro atoms. The topological polar surface area (TPSA) is 43.8 Å². The number of anilines is 1. The molecule has 5 heteroatoms. The average Bonchev–Trinajstić information content (AvgIpc) is 2.32. The Balaban J connectivity index is 2.63. The summed E-state index contributed by atoms with van der Waals surface area (Å²) in [6, 6.07) is 0. The molecule has 3 nitrogen and oxygen atoms in total. The Morgan fingerprint density at radius 3 is 2.64 bits per heavy atom. The fourth-order valence-electron chi connectivity index (χ4n) is 1.42. The molecule has 1 heterocycles. The Morgan fingerprint density at radius 2 is 2.21 bits per heavy atom. The fraction of sp³-hybridized carbons (Fsp3) is 0.667. The van der Waals surface area contributed by atoms with Crippen molar-refractivity contribution in [2.75, 3.05) is 5.73 Å². The lowest BCUT2D eigenvalue weighted by Crippen LogP contribution is -2.23. The van der Waals surface area contributed by atoms with Crippen LogP contribution in [0.15, 0.2) is 12.4 Å². The highest BCUT2D eigenvalue weighted by Gasteiger charge is 2.24. The third kappa shape index (κ3) is 2.97. The second-order valence-corrected chi connectivity index (χ2v) is 4.17. The highest BCUT2D eigenvalue weighted by molar-refractivity contribution is 5.16. The molecule has 0 aliphatic carbocycles. The van der Waals surface area contributed by atoms with E-state index in [9.17, 15) is 8.78 Å². The van der Waals surface area contributed by atoms with Crippen LogP contribution in [0.1, 0.15) is 20.3 Å². The van der Waals surface area contributed by atoms with Crippen LogP contribution in [0, 0.1) is 5.41 Å². The van der Waals surface area contributed by atoms with Gasteiger partial charge in [-0.25, -0.2) is 13.8 Å². The first-order valence-electron chi connectivity index (χ1n) is 4.45. The van der Waals surface area contributed by atoms with E-state index in [4.69, 9.17) is 5.73 Å². The molecular weight excluding hydrogens is 188 g/mol. The monoisotopic (exact) mass is 203 g/mol. The normalized spacial score (nSPS) is 12.4. The summed E-state index contributed by atoms with van der Waals surface area (Å²) in [5.74, 6) is 0.368. The van der Waals surface area contributed by atoms with Crippen molar-refractivity contribution < 1.29 is 8.78 Å². The molecule has 1 aromatic heterocycles. The number of imidazole rings is 1. The molecule has 0 atom stereocenters. The van der Waals surface area contributed by atoms with Crippen molar-refractivity contribution in [3.63, 3.8) is 0 Å². The first kappa shape index (κ1) is 10.9. The van der Waals surface area contributed by atoms with E-state index >= 15 is 0 Å². The van der Waals surface area contributed by atoms with Crippen LogP contribution in [0.4, 0.5) is 14.7 Å². The average molecular weight is 203 g/mol. The van der Waals surface area contributed by atoms with Crippen LogP contribution in [0.5, 0.6) is 0 Å². The van der Waals surface area contributed by atoms with Gasteiger partial charge in [-0.05, 0) is 5.41 Å². The zero-order valence-electron chi connectivity index (χ0n) is 8.37. The molecule has 0 aliphatic heterocycles. The Bertz CT molecular complexity index is 294. The number of nitrogen functional groups attached to an aromatic ring is 1. The Hall–Kier alpha value is -1.13. The summed E-state index contributed by atoms with van der Waals surface area (Å²) < 4.78 is 26.1. The van der Waals surface area contributed by atoms with Gasteiger partial charge in [-0.1, -0.05) is 13.8 Å². The summed E-state index contributed by atoms with van der Waals surface area (Å²) in [5.41, 5.74) is 5.07. The SMILES string of the molecule is CC(C)(CC(F)F)Cn1ccnc1N. The molecule has 0 bridgehead atoms. The van der Waals surface area contributed by atoms with E-state index in [0.29, 0.717) is 12.5 Å². The van der Waals surface area contributed by atoms with E-state index in [1.165, 1.54) is 0 Å². The Morgan fingerprint density at radius 1 is 1.57 bits per heavy atom. The van der Waals surface area contributed by atoms with Gasteiger partial charge in [0.1, 0.15) is 0 Å². The van der Waals surface area contributed by atoms with E-state index in [1.54, 1.807) is 30.8 Å². The van der Waals surface area contributed by atoms with E-state index in [2.05, 4.69) is 4.98 Å². The maximum Gasteiger partial charge on any atom is 0.239 e. The Labute approximate surface area is 81.9 Å². The summed E-state index contributed by atoms with van der Waals surface area (Å²) in [6.07, 6.45) is 0.843. The number of aromatic nitrogens is 2. The number of hydrogen-bond donors (Lipinski definition) is 1. The van der Waals surface area contributed by atoms with Crippen molar-refractivity contribution in [1.29, 1.82) is 0 Å². The predicted molar refractivity (Wildman–Crippen MR) is 51.0 cm³/mol. The lowest BCUT2D eigenvalue weighted by molar-refractivity contribution is 0.0797. The van der Waals surface area contributed by atoms with Crippen LogP contribution in [0.2, 0.25) is 0 Å². The number of nitrogens with two attached hydrogens (primary N) is 1. The van der Waals surface area contributed by atoms with Crippen LogP contribution in [0.3, 0.4) is 0 Å². The third-order valence-corrected chi connectivity index (χ3v) is 2.05. The van der Waals surface area contributed by atoms with Gasteiger partial charge in [0.2, 0.25) is 6.43 Å². The number of rotatable bonds is 4. The largest absolute Gasteiger partial charge is 0.369 e. The minimum atomic E-state index is -2.28. The van der Waals surface area contributed by atoms with Crippen molar-refractivity contribution in [2.45, 2.75) is 33.2 Å². The number of hydrogen-bond acceptors (Lipinski definition) is 2. The minimum absolute atomic E-state index is 0.134. The second kappa shape index (κ2) is 3.94. The molecule has 2 N–H and O–H groups in total. The van der Waals surface area contributed by atoms with Crippen LogP contribution in [-0.4, -0.2) is 16.0 Å². The molecule has 0 radical (unpaired) electrons. The number of halogens is 2. The smallest absolute Gasteiger partial charge is 0.239 e. The van der Waals surface area contributed by atoms with Crippen molar-refractivity contribution >= 4 is 5.95 Å². The summed E-state index contributed by atoms with van der Waals surface area (Å²) >= 11 is 0. The molecule has 0 amide bonds. The summed E-state index contributed by atoms with van der Waals surface area (Å²) in [4.78, 5) is 3.83. The zero-order valence-corrected chi connectivity index (χ0v) is 8.37. The zero-order chi connectivity index (χ0) is 10.8. The number of nitrogens with zero attached hydrogens (tertiary/aromatic N) is 2. The quantitative estimate of drug-likeness (QED) is 0.814. The van der Waals surface area contributed by atoms with Gasteiger partial charge in [-0.15, -0.1) is 0 Å². The second-order valence-electron chi connectivity index (χ2n) is 4.17. The summed E-state index contributed by atoms with van der Waals surface area (Å²) in [6.45, 7) is 4.04. The molecule has 0 aromatic carbocycles. The summed E-state index contributed by atoms with van der Waals surface area (Å²) in [7, 11) is 0. The van der Waals surface area contributed by atoms with Crippen molar-refractivity contribution in [2.24, 2.45) is 5.41 Å². The van der Waals surface area contributed by atoms with Gasteiger partial charge in [-0.3, -0.25) is 0 Å². The summed E-state index contributed by atoms with van der Waals surface area (Å²) in [5, 5.41) is 0. The first-order chi connectivity index (χ1) is 6.41. The van der Waals surface area contributed by atoms with Crippen LogP contribution >= 0.6 is 0 Å². The molecular formula is C9H15F2N3. The minimum Gasteiger partial charge on any atom is -0.369 e. The van der Waals surface area contributed by atoms with Crippen LogP contribution < -0.4 is 5.73 Å². The van der Waals surface area contributed by atoms with Crippen molar-refractivity contribution in [3.8, 4) is 0 Å². The highest BCUT2D eigenvalue weighted by Crippen LogP contribution is 2.27. The molecule has 1 aromatic rings. The molecule has 0 aliphatic rings.